The molecule has 3 aromatic rings. The lowest BCUT2D eigenvalue weighted by Gasteiger charge is -2.38. The van der Waals surface area contributed by atoms with Crippen LogP contribution in [0.1, 0.15) is 28.6 Å². The Hall–Kier alpha value is -3.61. The fraction of sp³-hybridized carbons (Fsp3) is 0.261. The van der Waals surface area contributed by atoms with E-state index in [2.05, 4.69) is 5.32 Å². The largest absolute Gasteiger partial charge is 0.451 e. The number of nitrogens with zero attached hydrogens (tertiary/aromatic N) is 1. The molecular formula is C23H22N2O5. The summed E-state index contributed by atoms with van der Waals surface area (Å²) in [6.07, 6.45) is 0.284. The first-order valence-electron chi connectivity index (χ1n) is 9.86. The zero-order chi connectivity index (χ0) is 21.1. The zero-order valence-corrected chi connectivity index (χ0v) is 16.6. The third-order valence-corrected chi connectivity index (χ3v) is 5.11. The number of carbonyl (C=O) groups is 2. The van der Waals surface area contributed by atoms with Crippen LogP contribution < -0.4 is 10.7 Å². The number of amides is 2. The van der Waals surface area contributed by atoms with Crippen LogP contribution in [-0.4, -0.2) is 36.0 Å². The minimum atomic E-state index is -0.528. The van der Waals surface area contributed by atoms with Crippen molar-refractivity contribution >= 4 is 23.0 Å². The predicted molar refractivity (Wildman–Crippen MR) is 111 cm³/mol. The number of hydrogen-bond donors (Lipinski definition) is 1. The van der Waals surface area contributed by atoms with Crippen LogP contribution >= 0.6 is 0 Å². The third-order valence-electron chi connectivity index (χ3n) is 5.11. The number of hydrogen-bond acceptors (Lipinski definition) is 5. The number of fused-ring (bicyclic) bond motifs is 1. The van der Waals surface area contributed by atoms with Crippen LogP contribution in [-0.2, 0) is 17.8 Å². The molecule has 2 aromatic carbocycles. The monoisotopic (exact) mass is 406 g/mol. The number of aryl methyl sites for hydroxylation is 1. The van der Waals surface area contributed by atoms with Gasteiger partial charge in [0.1, 0.15) is 12.2 Å². The van der Waals surface area contributed by atoms with Gasteiger partial charge in [-0.15, -0.1) is 0 Å². The topological polar surface area (TPSA) is 88.8 Å². The van der Waals surface area contributed by atoms with Crippen LogP contribution in [0.2, 0.25) is 0 Å². The van der Waals surface area contributed by atoms with E-state index in [1.54, 1.807) is 12.1 Å². The number of alkyl carbamates (subject to hydrolysis) is 1. The summed E-state index contributed by atoms with van der Waals surface area (Å²) < 4.78 is 10.8. The molecule has 1 aromatic heterocycles. The van der Waals surface area contributed by atoms with E-state index in [1.807, 2.05) is 43.3 Å². The van der Waals surface area contributed by atoms with E-state index in [0.717, 1.165) is 17.5 Å². The van der Waals surface area contributed by atoms with Crippen molar-refractivity contribution in [1.29, 1.82) is 0 Å². The first kappa shape index (κ1) is 19.7. The summed E-state index contributed by atoms with van der Waals surface area (Å²) >= 11 is 0. The van der Waals surface area contributed by atoms with Crippen molar-refractivity contribution in [3.05, 3.63) is 81.7 Å². The Bertz CT molecular complexity index is 1130. The van der Waals surface area contributed by atoms with E-state index >= 15 is 0 Å². The fourth-order valence-electron chi connectivity index (χ4n) is 3.35. The van der Waals surface area contributed by atoms with Gasteiger partial charge < -0.3 is 19.4 Å². The van der Waals surface area contributed by atoms with Gasteiger partial charge in [0.05, 0.1) is 11.4 Å². The Morgan fingerprint density at radius 1 is 1.10 bits per heavy atom. The van der Waals surface area contributed by atoms with Crippen LogP contribution in [0.3, 0.4) is 0 Å². The van der Waals surface area contributed by atoms with E-state index in [4.69, 9.17) is 9.15 Å². The van der Waals surface area contributed by atoms with Gasteiger partial charge in [-0.1, -0.05) is 43.3 Å². The van der Waals surface area contributed by atoms with Gasteiger partial charge in [0.25, 0.3) is 5.91 Å². The lowest BCUT2D eigenvalue weighted by Crippen LogP contribution is -2.61. The van der Waals surface area contributed by atoms with Crippen molar-refractivity contribution in [3.63, 3.8) is 0 Å². The summed E-state index contributed by atoms with van der Waals surface area (Å²) in [5, 5.41) is 3.20. The van der Waals surface area contributed by atoms with Gasteiger partial charge in [-0.05, 0) is 29.7 Å². The van der Waals surface area contributed by atoms with Crippen LogP contribution in [0.5, 0.6) is 0 Å². The molecule has 2 heterocycles. The molecule has 1 saturated heterocycles. The van der Waals surface area contributed by atoms with Crippen molar-refractivity contribution in [2.45, 2.75) is 26.0 Å². The molecule has 154 valence electrons. The highest BCUT2D eigenvalue weighted by Crippen LogP contribution is 2.18. The quantitative estimate of drug-likeness (QED) is 0.703. The highest BCUT2D eigenvalue weighted by Gasteiger charge is 2.34. The molecule has 0 radical (unpaired) electrons. The van der Waals surface area contributed by atoms with Crippen LogP contribution in [0, 0.1) is 0 Å². The molecule has 2 amide bonds. The highest BCUT2D eigenvalue weighted by molar-refractivity contribution is 5.94. The van der Waals surface area contributed by atoms with Crippen molar-refractivity contribution in [1.82, 2.24) is 10.2 Å². The van der Waals surface area contributed by atoms with Gasteiger partial charge in [-0.25, -0.2) is 4.79 Å². The minimum Gasteiger partial charge on any atom is -0.451 e. The van der Waals surface area contributed by atoms with E-state index in [1.165, 1.54) is 11.0 Å². The second-order valence-corrected chi connectivity index (χ2v) is 7.27. The molecule has 0 bridgehead atoms. The zero-order valence-electron chi connectivity index (χ0n) is 16.6. The average Bonchev–Trinajstić information content (AvgIpc) is 2.74. The van der Waals surface area contributed by atoms with Crippen molar-refractivity contribution in [2.75, 3.05) is 13.1 Å². The first-order chi connectivity index (χ1) is 14.5. The molecule has 30 heavy (non-hydrogen) atoms. The number of likely N-dealkylation sites (tertiary alicyclic amines) is 1. The molecule has 1 aliphatic heterocycles. The number of benzene rings is 2. The Labute approximate surface area is 173 Å². The smallest absolute Gasteiger partial charge is 0.407 e. The van der Waals surface area contributed by atoms with Gasteiger partial charge in [-0.3, -0.25) is 9.59 Å². The fourth-order valence-corrected chi connectivity index (χ4v) is 3.35. The summed E-state index contributed by atoms with van der Waals surface area (Å²) in [5.74, 6) is -0.369. The third kappa shape index (κ3) is 4.20. The van der Waals surface area contributed by atoms with Crippen LogP contribution in [0.25, 0.3) is 11.0 Å². The van der Waals surface area contributed by atoms with Gasteiger partial charge in [-0.2, -0.15) is 0 Å². The highest BCUT2D eigenvalue weighted by atomic mass is 16.5. The molecule has 0 unspecified atom stereocenters. The molecule has 1 N–H and O–H groups in total. The van der Waals surface area contributed by atoms with E-state index in [0.29, 0.717) is 24.1 Å². The first-order valence-corrected chi connectivity index (χ1v) is 9.86. The lowest BCUT2D eigenvalue weighted by atomic mass is 10.1. The predicted octanol–water partition coefficient (Wildman–Crippen LogP) is 3.11. The average molecular weight is 406 g/mol. The van der Waals surface area contributed by atoms with Gasteiger partial charge in [0.15, 0.2) is 11.2 Å². The van der Waals surface area contributed by atoms with Gasteiger partial charge in [0.2, 0.25) is 0 Å². The van der Waals surface area contributed by atoms with Crippen molar-refractivity contribution in [2.24, 2.45) is 0 Å². The van der Waals surface area contributed by atoms with Crippen molar-refractivity contribution < 1.29 is 18.7 Å². The summed E-state index contributed by atoms with van der Waals surface area (Å²) in [7, 11) is 0. The summed E-state index contributed by atoms with van der Waals surface area (Å²) in [6, 6.07) is 15.8. The van der Waals surface area contributed by atoms with E-state index < -0.39 is 6.09 Å². The van der Waals surface area contributed by atoms with Gasteiger partial charge in [0, 0.05) is 19.2 Å². The second kappa shape index (κ2) is 8.41. The number of carbonyl (C=O) groups excluding carboxylic acids is 2. The molecule has 0 saturated carbocycles. The van der Waals surface area contributed by atoms with Crippen LogP contribution in [0.4, 0.5) is 4.79 Å². The molecule has 4 rings (SSSR count). The molecule has 7 nitrogen and oxygen atoms in total. The molecular weight excluding hydrogens is 384 g/mol. The molecule has 0 spiro atoms. The van der Waals surface area contributed by atoms with E-state index in [-0.39, 0.29) is 29.7 Å². The maximum Gasteiger partial charge on any atom is 0.407 e. The summed E-state index contributed by atoms with van der Waals surface area (Å²) in [4.78, 5) is 38.5. The Morgan fingerprint density at radius 3 is 2.60 bits per heavy atom. The van der Waals surface area contributed by atoms with Crippen molar-refractivity contribution in [3.8, 4) is 0 Å². The molecule has 1 fully saturated rings. The Morgan fingerprint density at radius 2 is 1.87 bits per heavy atom. The minimum absolute atomic E-state index is 0.00172. The molecule has 0 atom stereocenters. The Kier molecular flexibility index (Phi) is 5.52. The van der Waals surface area contributed by atoms with Gasteiger partial charge >= 0.3 is 6.09 Å². The molecule has 7 heteroatoms. The summed E-state index contributed by atoms with van der Waals surface area (Å²) in [6.45, 7) is 2.85. The normalized spacial score (nSPS) is 13.7. The number of ether oxygens (including phenoxy) is 1. The number of nitrogens with one attached hydrogen (secondary N) is 1. The lowest BCUT2D eigenvalue weighted by molar-refractivity contribution is 0.0516. The maximum absolute atomic E-state index is 12.6. The maximum atomic E-state index is 12.6. The molecule has 1 aliphatic rings. The van der Waals surface area contributed by atoms with E-state index in [9.17, 15) is 14.4 Å². The second-order valence-electron chi connectivity index (χ2n) is 7.27. The standard InChI is InChI=1S/C23H22N2O5/c1-2-15-8-9-20-18(10-15)19(26)11-21(30-20)22(27)25-12-17(13-25)24-23(28)29-14-16-6-4-3-5-7-16/h3-11,17H,2,12-14H2,1H3,(H,24,28). The van der Waals surface area contributed by atoms with Crippen LogP contribution in [0.15, 0.2) is 63.8 Å². The number of rotatable bonds is 5. The SMILES string of the molecule is CCc1ccc2oc(C(=O)N3CC(NC(=O)OCc4ccccc4)C3)cc(=O)c2c1. The molecule has 0 aliphatic carbocycles. The Balaban J connectivity index is 1.33. The summed E-state index contributed by atoms with van der Waals surface area (Å²) in [5.41, 5.74) is 2.08.